The summed E-state index contributed by atoms with van der Waals surface area (Å²) in [7, 11) is 0. The molecule has 0 spiro atoms. The number of nitrogens with zero attached hydrogens (tertiary/aromatic N) is 2. The Morgan fingerprint density at radius 2 is 2.24 bits per heavy atom. The molecule has 1 aromatic rings. The quantitative estimate of drug-likeness (QED) is 0.853. The first kappa shape index (κ1) is 12.5. The van der Waals surface area contributed by atoms with Crippen molar-refractivity contribution in [3.05, 3.63) is 23.8 Å². The molecule has 5 nitrogen and oxygen atoms in total. The van der Waals surface area contributed by atoms with Crippen LogP contribution in [-0.4, -0.2) is 12.5 Å². The Morgan fingerprint density at radius 1 is 1.47 bits per heavy atom. The van der Waals surface area contributed by atoms with Gasteiger partial charge >= 0.3 is 0 Å². The molecule has 0 aliphatic rings. The Morgan fingerprint density at radius 3 is 2.82 bits per heavy atom. The fraction of sp³-hybridized carbons (Fsp3) is 0.250. The zero-order valence-electron chi connectivity index (χ0n) is 9.36. The molecular weight excluding hydrogens is 218 g/mol. The van der Waals surface area contributed by atoms with Crippen LogP contribution >= 0.6 is 0 Å². The standard InChI is InChI=1S/C12H11N3O2/c1-2-17-11-7-10(4-3-9(11)8-14)15-12(16)5-6-13/h3-4,7H,2,5H2,1H3,(H,15,16). The van der Waals surface area contributed by atoms with Crippen LogP contribution in [0.3, 0.4) is 0 Å². The highest BCUT2D eigenvalue weighted by molar-refractivity contribution is 5.92. The molecule has 0 aromatic heterocycles. The third-order valence-corrected chi connectivity index (χ3v) is 1.93. The topological polar surface area (TPSA) is 85.9 Å². The molecule has 0 heterocycles. The number of amides is 1. The van der Waals surface area contributed by atoms with Crippen molar-refractivity contribution in [2.24, 2.45) is 0 Å². The number of hydrogen-bond donors (Lipinski definition) is 1. The van der Waals surface area contributed by atoms with Crippen molar-refractivity contribution in [3.8, 4) is 17.9 Å². The molecule has 1 amide bonds. The minimum Gasteiger partial charge on any atom is -0.492 e. The van der Waals surface area contributed by atoms with Crippen molar-refractivity contribution < 1.29 is 9.53 Å². The van der Waals surface area contributed by atoms with Crippen molar-refractivity contribution >= 4 is 11.6 Å². The van der Waals surface area contributed by atoms with Gasteiger partial charge in [-0.05, 0) is 19.1 Å². The van der Waals surface area contributed by atoms with E-state index in [1.807, 2.05) is 13.0 Å². The van der Waals surface area contributed by atoms with E-state index in [0.29, 0.717) is 23.6 Å². The van der Waals surface area contributed by atoms with E-state index in [4.69, 9.17) is 15.3 Å². The molecule has 0 fully saturated rings. The summed E-state index contributed by atoms with van der Waals surface area (Å²) in [5.74, 6) is 0.0319. The molecule has 0 bridgehead atoms. The van der Waals surface area contributed by atoms with Gasteiger partial charge in [0.2, 0.25) is 5.91 Å². The summed E-state index contributed by atoms with van der Waals surface area (Å²) >= 11 is 0. The second-order valence-corrected chi connectivity index (χ2v) is 3.14. The monoisotopic (exact) mass is 229 g/mol. The summed E-state index contributed by atoms with van der Waals surface area (Å²) in [6.45, 7) is 2.24. The van der Waals surface area contributed by atoms with Crippen LogP contribution in [-0.2, 0) is 4.79 Å². The van der Waals surface area contributed by atoms with Crippen LogP contribution in [0.2, 0.25) is 0 Å². The SMILES string of the molecule is CCOc1cc(NC(=O)CC#N)ccc1C#N. The predicted octanol–water partition coefficient (Wildman–Crippen LogP) is 1.81. The van der Waals surface area contributed by atoms with Crippen molar-refractivity contribution in [2.75, 3.05) is 11.9 Å². The van der Waals surface area contributed by atoms with Crippen molar-refractivity contribution in [2.45, 2.75) is 13.3 Å². The van der Waals surface area contributed by atoms with Crippen LogP contribution in [0, 0.1) is 22.7 Å². The number of nitriles is 2. The van der Waals surface area contributed by atoms with Crippen LogP contribution in [0.4, 0.5) is 5.69 Å². The van der Waals surface area contributed by atoms with Gasteiger partial charge < -0.3 is 10.1 Å². The maximum Gasteiger partial charge on any atom is 0.238 e. The van der Waals surface area contributed by atoms with Crippen LogP contribution in [0.25, 0.3) is 0 Å². The van der Waals surface area contributed by atoms with Gasteiger partial charge in [-0.15, -0.1) is 0 Å². The third-order valence-electron chi connectivity index (χ3n) is 1.93. The number of benzene rings is 1. The number of anilines is 1. The van der Waals surface area contributed by atoms with Gasteiger partial charge in [-0.3, -0.25) is 4.79 Å². The lowest BCUT2D eigenvalue weighted by molar-refractivity contribution is -0.115. The zero-order chi connectivity index (χ0) is 12.7. The lowest BCUT2D eigenvalue weighted by Gasteiger charge is -2.08. The summed E-state index contributed by atoms with van der Waals surface area (Å²) in [6, 6.07) is 8.47. The van der Waals surface area contributed by atoms with Gasteiger partial charge in [-0.25, -0.2) is 0 Å². The highest BCUT2D eigenvalue weighted by atomic mass is 16.5. The molecule has 0 atom stereocenters. The Bertz CT molecular complexity index is 497. The molecule has 1 N–H and O–H groups in total. The van der Waals surface area contributed by atoms with Gasteiger partial charge in [0.05, 0.1) is 18.2 Å². The second kappa shape index (κ2) is 6.14. The van der Waals surface area contributed by atoms with E-state index in [-0.39, 0.29) is 12.3 Å². The Kier molecular flexibility index (Phi) is 4.53. The van der Waals surface area contributed by atoms with Crippen LogP contribution in [0.15, 0.2) is 18.2 Å². The van der Waals surface area contributed by atoms with E-state index in [1.54, 1.807) is 24.3 Å². The molecule has 0 aliphatic carbocycles. The molecule has 1 aromatic carbocycles. The van der Waals surface area contributed by atoms with Crippen LogP contribution in [0.1, 0.15) is 18.9 Å². The van der Waals surface area contributed by atoms with Gasteiger partial charge in [0.15, 0.2) is 0 Å². The van der Waals surface area contributed by atoms with Gasteiger partial charge in [-0.1, -0.05) is 0 Å². The Balaban J connectivity index is 2.89. The Hall–Kier alpha value is -2.53. The average Bonchev–Trinajstić information content (AvgIpc) is 2.30. The highest BCUT2D eigenvalue weighted by Gasteiger charge is 2.06. The van der Waals surface area contributed by atoms with E-state index < -0.39 is 0 Å². The average molecular weight is 229 g/mol. The van der Waals surface area contributed by atoms with Crippen molar-refractivity contribution in [1.82, 2.24) is 0 Å². The van der Waals surface area contributed by atoms with E-state index in [2.05, 4.69) is 5.32 Å². The zero-order valence-corrected chi connectivity index (χ0v) is 9.36. The molecule has 0 saturated heterocycles. The number of carbonyl (C=O) groups is 1. The summed E-state index contributed by atoms with van der Waals surface area (Å²) in [4.78, 5) is 11.2. The molecule has 5 heteroatoms. The first-order valence-corrected chi connectivity index (χ1v) is 5.05. The maximum atomic E-state index is 11.2. The smallest absolute Gasteiger partial charge is 0.238 e. The molecule has 1 rings (SSSR count). The molecule has 0 radical (unpaired) electrons. The van der Waals surface area contributed by atoms with Crippen molar-refractivity contribution in [3.63, 3.8) is 0 Å². The number of hydrogen-bond acceptors (Lipinski definition) is 4. The summed E-state index contributed by atoms with van der Waals surface area (Å²) in [5, 5.41) is 19.7. The molecule has 0 unspecified atom stereocenters. The first-order chi connectivity index (χ1) is 8.21. The third kappa shape index (κ3) is 3.51. The maximum absolute atomic E-state index is 11.2. The fourth-order valence-corrected chi connectivity index (χ4v) is 1.24. The fourth-order valence-electron chi connectivity index (χ4n) is 1.24. The molecule has 86 valence electrons. The number of carbonyl (C=O) groups excluding carboxylic acids is 1. The van der Waals surface area contributed by atoms with E-state index in [1.165, 1.54) is 0 Å². The highest BCUT2D eigenvalue weighted by Crippen LogP contribution is 2.22. The van der Waals surface area contributed by atoms with Crippen molar-refractivity contribution in [1.29, 1.82) is 10.5 Å². The van der Waals surface area contributed by atoms with E-state index in [9.17, 15) is 4.79 Å². The molecule has 0 aliphatic heterocycles. The second-order valence-electron chi connectivity index (χ2n) is 3.14. The van der Waals surface area contributed by atoms with Gasteiger partial charge in [0.1, 0.15) is 18.2 Å². The first-order valence-electron chi connectivity index (χ1n) is 5.05. The Labute approximate surface area is 99.2 Å². The minimum atomic E-state index is -0.389. The summed E-state index contributed by atoms with van der Waals surface area (Å²) < 4.78 is 5.27. The van der Waals surface area contributed by atoms with Gasteiger partial charge in [0.25, 0.3) is 0 Å². The van der Waals surface area contributed by atoms with Crippen LogP contribution in [0.5, 0.6) is 5.75 Å². The molecule has 0 saturated carbocycles. The van der Waals surface area contributed by atoms with E-state index >= 15 is 0 Å². The van der Waals surface area contributed by atoms with Gasteiger partial charge in [0, 0.05) is 11.8 Å². The predicted molar refractivity (Wildman–Crippen MR) is 61.2 cm³/mol. The van der Waals surface area contributed by atoms with Crippen LogP contribution < -0.4 is 10.1 Å². The minimum absolute atomic E-state index is 0.204. The van der Waals surface area contributed by atoms with E-state index in [0.717, 1.165) is 0 Å². The summed E-state index contributed by atoms with van der Waals surface area (Å²) in [6.07, 6.45) is -0.204. The molecule has 17 heavy (non-hydrogen) atoms. The lowest BCUT2D eigenvalue weighted by atomic mass is 10.2. The number of rotatable bonds is 4. The van der Waals surface area contributed by atoms with Gasteiger partial charge in [-0.2, -0.15) is 10.5 Å². The number of nitrogens with one attached hydrogen (secondary N) is 1. The lowest BCUT2D eigenvalue weighted by Crippen LogP contribution is -2.10. The normalized spacial score (nSPS) is 8.88. The summed E-state index contributed by atoms with van der Waals surface area (Å²) in [5.41, 5.74) is 0.915. The number of ether oxygens (including phenoxy) is 1. The molecular formula is C12H11N3O2. The largest absolute Gasteiger partial charge is 0.492 e.